The largest absolute Gasteiger partial charge is 0.508 e. The normalized spacial score (nSPS) is 22.5. The van der Waals surface area contributed by atoms with E-state index in [1.807, 2.05) is 13.0 Å². The number of phenols is 3. The summed E-state index contributed by atoms with van der Waals surface area (Å²) in [5, 5.41) is 42.0. The van der Waals surface area contributed by atoms with Crippen LogP contribution in [0.2, 0.25) is 0 Å². The first-order chi connectivity index (χ1) is 17.5. The molecule has 0 saturated carbocycles. The third-order valence-electron chi connectivity index (χ3n) is 6.95. The fourth-order valence-corrected chi connectivity index (χ4v) is 4.91. The summed E-state index contributed by atoms with van der Waals surface area (Å²) in [5.41, 5.74) is 2.11. The predicted octanol–water partition coefficient (Wildman–Crippen LogP) is 6.16. The Bertz CT molecular complexity index is 1320. The molecule has 2 atom stereocenters. The Morgan fingerprint density at radius 3 is 2.19 bits per heavy atom. The first-order valence-electron chi connectivity index (χ1n) is 12.5. The second-order valence-corrected chi connectivity index (χ2v) is 10.2. The quantitative estimate of drug-likeness (QED) is 0.317. The molecule has 2 heterocycles. The Morgan fingerprint density at radius 1 is 0.838 bits per heavy atom. The van der Waals surface area contributed by atoms with Crippen LogP contribution >= 0.6 is 0 Å². The zero-order valence-electron chi connectivity index (χ0n) is 21.7. The highest BCUT2D eigenvalue weighted by atomic mass is 16.7. The van der Waals surface area contributed by atoms with E-state index in [1.165, 1.54) is 29.3 Å². The summed E-state index contributed by atoms with van der Waals surface area (Å²) in [6, 6.07) is 6.52. The summed E-state index contributed by atoms with van der Waals surface area (Å²) in [6.45, 7) is 8.30. The fourth-order valence-electron chi connectivity index (χ4n) is 4.91. The molecule has 2 aliphatic rings. The number of rotatable bonds is 8. The molecular weight excluding hydrogens is 472 g/mol. The van der Waals surface area contributed by atoms with Crippen molar-refractivity contribution in [1.82, 2.24) is 0 Å². The highest BCUT2D eigenvalue weighted by Crippen LogP contribution is 2.58. The maximum absolute atomic E-state index is 13.5. The lowest BCUT2D eigenvalue weighted by Crippen LogP contribution is -2.62. The number of Topliss-reactive ketones (excluding diaryl/α,β-unsaturated/α-hetero) is 1. The number of hydrogen-bond donors (Lipinski definition) is 4. The van der Waals surface area contributed by atoms with Crippen LogP contribution in [0.1, 0.15) is 75.7 Å². The van der Waals surface area contributed by atoms with E-state index in [0.717, 1.165) is 37.3 Å². The highest BCUT2D eigenvalue weighted by molar-refractivity contribution is 6.08. The number of aliphatic hydroxyl groups is 1. The van der Waals surface area contributed by atoms with E-state index in [9.17, 15) is 25.2 Å². The number of carbonyl (C=O) groups is 1. The van der Waals surface area contributed by atoms with Gasteiger partial charge in [-0.15, -0.1) is 0 Å². The van der Waals surface area contributed by atoms with Crippen LogP contribution < -0.4 is 9.47 Å². The average molecular weight is 507 g/mol. The molecule has 4 rings (SSSR count). The summed E-state index contributed by atoms with van der Waals surface area (Å²) in [7, 11) is 0. The van der Waals surface area contributed by atoms with Crippen LogP contribution in [0.15, 0.2) is 65.3 Å². The molecule has 7 nitrogen and oxygen atoms in total. The minimum Gasteiger partial charge on any atom is -0.508 e. The van der Waals surface area contributed by atoms with E-state index in [-0.39, 0.29) is 35.0 Å². The molecule has 0 aliphatic carbocycles. The maximum atomic E-state index is 13.5. The van der Waals surface area contributed by atoms with Gasteiger partial charge in [-0.2, -0.15) is 0 Å². The Labute approximate surface area is 217 Å². The number of phenolic OH excluding ortho intramolecular Hbond substituents is 3. The average Bonchev–Trinajstić information content (AvgIpc) is 3.05. The molecule has 2 unspecified atom stereocenters. The number of benzene rings is 2. The van der Waals surface area contributed by atoms with Gasteiger partial charge in [0.05, 0.1) is 0 Å². The first kappa shape index (κ1) is 26.4. The molecular formula is C30H34O7. The molecule has 7 heteroatoms. The van der Waals surface area contributed by atoms with Crippen molar-refractivity contribution in [3.63, 3.8) is 0 Å². The van der Waals surface area contributed by atoms with E-state index >= 15 is 0 Å². The van der Waals surface area contributed by atoms with Gasteiger partial charge in [-0.25, -0.2) is 0 Å². The van der Waals surface area contributed by atoms with Gasteiger partial charge in [-0.3, -0.25) is 4.79 Å². The zero-order valence-corrected chi connectivity index (χ0v) is 21.7. The van der Waals surface area contributed by atoms with Crippen molar-refractivity contribution >= 4 is 5.78 Å². The Morgan fingerprint density at radius 2 is 1.49 bits per heavy atom. The molecule has 0 fully saturated rings. The molecule has 37 heavy (non-hydrogen) atoms. The van der Waals surface area contributed by atoms with Gasteiger partial charge in [0, 0.05) is 30.2 Å². The van der Waals surface area contributed by atoms with Gasteiger partial charge in [-0.1, -0.05) is 34.9 Å². The lowest BCUT2D eigenvalue weighted by Gasteiger charge is -2.43. The summed E-state index contributed by atoms with van der Waals surface area (Å²) < 4.78 is 12.0. The van der Waals surface area contributed by atoms with Crippen molar-refractivity contribution in [2.75, 3.05) is 0 Å². The van der Waals surface area contributed by atoms with Crippen LogP contribution in [0.5, 0.6) is 28.7 Å². The number of fused-ring (bicyclic) bond motifs is 4. The van der Waals surface area contributed by atoms with Gasteiger partial charge in [0.1, 0.15) is 34.3 Å². The summed E-state index contributed by atoms with van der Waals surface area (Å²) in [6.07, 6.45) is 10.1. The second-order valence-electron chi connectivity index (χ2n) is 10.2. The summed E-state index contributed by atoms with van der Waals surface area (Å²) in [4.78, 5) is 13.5. The number of hydrogen-bond acceptors (Lipinski definition) is 7. The third-order valence-corrected chi connectivity index (χ3v) is 6.95. The predicted molar refractivity (Wildman–Crippen MR) is 140 cm³/mol. The molecule has 0 radical (unpaired) electrons. The lowest BCUT2D eigenvalue weighted by atomic mass is 9.77. The molecule has 0 spiro atoms. The van der Waals surface area contributed by atoms with Gasteiger partial charge in [0.25, 0.3) is 0 Å². The molecule has 0 bridgehead atoms. The van der Waals surface area contributed by atoms with Gasteiger partial charge in [-0.05, 0) is 65.5 Å². The smallest absolute Gasteiger partial charge is 0.318 e. The van der Waals surface area contributed by atoms with Crippen LogP contribution in [0.4, 0.5) is 0 Å². The van der Waals surface area contributed by atoms with Crippen LogP contribution in [0.25, 0.3) is 0 Å². The van der Waals surface area contributed by atoms with Crippen molar-refractivity contribution in [1.29, 1.82) is 0 Å². The minimum atomic E-state index is -2.48. The number of ether oxygens (including phenoxy) is 2. The Kier molecular flexibility index (Phi) is 7.11. The van der Waals surface area contributed by atoms with Crippen LogP contribution in [0, 0.1) is 0 Å². The van der Waals surface area contributed by atoms with Crippen molar-refractivity contribution in [3.05, 3.63) is 76.4 Å². The zero-order chi connectivity index (χ0) is 27.0. The van der Waals surface area contributed by atoms with E-state index in [2.05, 4.69) is 32.9 Å². The molecule has 0 saturated heterocycles. The third kappa shape index (κ3) is 4.83. The van der Waals surface area contributed by atoms with Crippen molar-refractivity contribution in [2.24, 2.45) is 0 Å². The van der Waals surface area contributed by atoms with E-state index in [0.29, 0.717) is 5.56 Å². The first-order valence-corrected chi connectivity index (χ1v) is 12.5. The molecule has 4 N–H and O–H groups in total. The Balaban J connectivity index is 1.63. The summed E-state index contributed by atoms with van der Waals surface area (Å²) >= 11 is 0. The van der Waals surface area contributed by atoms with Crippen molar-refractivity contribution in [3.8, 4) is 28.7 Å². The number of aromatic hydroxyl groups is 3. The monoisotopic (exact) mass is 506 g/mol. The SMILES string of the molecule is CC(C)=CCC/C(C)=C/CC/C(C)=C/CC12Oc3cc(O)cc(O)c3C(=O)C1(O)Oc1cc(O)ccc12. The topological polar surface area (TPSA) is 116 Å². The van der Waals surface area contributed by atoms with E-state index < -0.39 is 22.9 Å². The van der Waals surface area contributed by atoms with Crippen LogP contribution in [0.3, 0.4) is 0 Å². The van der Waals surface area contributed by atoms with Gasteiger partial charge < -0.3 is 29.9 Å². The summed E-state index contributed by atoms with van der Waals surface area (Å²) in [5.74, 6) is -4.23. The molecule has 196 valence electrons. The van der Waals surface area contributed by atoms with Gasteiger partial charge >= 0.3 is 5.79 Å². The van der Waals surface area contributed by atoms with E-state index in [4.69, 9.17) is 9.47 Å². The van der Waals surface area contributed by atoms with Gasteiger partial charge in [0.2, 0.25) is 11.4 Å². The number of carbonyl (C=O) groups excluding carboxylic acids is 1. The van der Waals surface area contributed by atoms with Gasteiger partial charge in [0.15, 0.2) is 0 Å². The molecule has 0 amide bonds. The van der Waals surface area contributed by atoms with Crippen LogP contribution in [-0.2, 0) is 5.60 Å². The molecule has 0 aromatic heterocycles. The number of allylic oxidation sites excluding steroid dienone is 5. The molecule has 2 aromatic carbocycles. The van der Waals surface area contributed by atoms with Crippen LogP contribution in [-0.4, -0.2) is 32.0 Å². The number of ketones is 1. The standard InChI is InChI=1S/C30H34O7/c1-18(2)7-5-8-19(3)9-6-10-20(4)13-14-29-23-12-11-21(31)16-25(23)37-30(29,35)28(34)27-24(33)15-22(32)17-26(27)36-29/h7,9,11-13,15-17,31-33,35H,5-6,8,10,14H2,1-4H3/b19-9+,20-13+. The second kappa shape index (κ2) is 9.98. The fraction of sp³-hybridized carbons (Fsp3) is 0.367. The molecule has 2 aromatic rings. The van der Waals surface area contributed by atoms with E-state index in [1.54, 1.807) is 6.07 Å². The maximum Gasteiger partial charge on any atom is 0.318 e. The lowest BCUT2D eigenvalue weighted by molar-refractivity contribution is -0.201. The highest BCUT2D eigenvalue weighted by Gasteiger charge is 2.69. The molecule has 2 aliphatic heterocycles. The van der Waals surface area contributed by atoms with Crippen molar-refractivity contribution < 1.29 is 34.7 Å². The minimum absolute atomic E-state index is 0.0577. The Hall–Kier alpha value is -3.71. The van der Waals surface area contributed by atoms with Crippen molar-refractivity contribution in [2.45, 2.75) is 71.2 Å².